The summed E-state index contributed by atoms with van der Waals surface area (Å²) < 4.78 is 13.8. The van der Waals surface area contributed by atoms with Gasteiger partial charge in [0, 0.05) is 18.7 Å². The maximum absolute atomic E-state index is 13.2. The molecule has 1 N–H and O–H groups in total. The molecule has 9 heteroatoms. The Morgan fingerprint density at radius 3 is 2.80 bits per heavy atom. The number of thioether (sulfide) groups is 1. The number of aromatic nitrogens is 2. The number of anilines is 2. The lowest BCUT2D eigenvalue weighted by Crippen LogP contribution is -2.30. The molecule has 1 heterocycles. The summed E-state index contributed by atoms with van der Waals surface area (Å²) in [6.07, 6.45) is 1.96. The minimum absolute atomic E-state index is 0.0490. The van der Waals surface area contributed by atoms with E-state index in [4.69, 9.17) is 0 Å². The fourth-order valence-electron chi connectivity index (χ4n) is 2.24. The number of carbonyl (C=O) groups excluding carboxylic acids is 2. The molecule has 1 aromatic carbocycles. The molecule has 132 valence electrons. The van der Waals surface area contributed by atoms with E-state index in [0.717, 1.165) is 12.8 Å². The van der Waals surface area contributed by atoms with Crippen molar-refractivity contribution in [1.29, 1.82) is 0 Å². The maximum atomic E-state index is 13.2. The van der Waals surface area contributed by atoms with Gasteiger partial charge < -0.3 is 5.32 Å². The molecule has 0 aliphatic heterocycles. The van der Waals surface area contributed by atoms with Gasteiger partial charge in [0.05, 0.1) is 5.25 Å². The summed E-state index contributed by atoms with van der Waals surface area (Å²) in [5.74, 6) is -0.707. The third kappa shape index (κ3) is 4.55. The van der Waals surface area contributed by atoms with Crippen LogP contribution in [-0.4, -0.2) is 33.3 Å². The molecule has 1 fully saturated rings. The Morgan fingerprint density at radius 1 is 1.40 bits per heavy atom. The SMILES string of the molecule is CC(=O)N(c1nnc(SC(C)C(=O)Nc2cccc(F)c2)s1)C1CC1. The van der Waals surface area contributed by atoms with Crippen LogP contribution in [-0.2, 0) is 9.59 Å². The summed E-state index contributed by atoms with van der Waals surface area (Å²) in [5.41, 5.74) is 0.409. The zero-order valence-electron chi connectivity index (χ0n) is 13.7. The fraction of sp³-hybridized carbons (Fsp3) is 0.375. The lowest BCUT2D eigenvalue weighted by atomic mass is 10.3. The summed E-state index contributed by atoms with van der Waals surface area (Å²) in [4.78, 5) is 25.7. The molecule has 1 aromatic heterocycles. The van der Waals surface area contributed by atoms with Gasteiger partial charge in [0.2, 0.25) is 16.9 Å². The average Bonchev–Trinajstić information content (AvgIpc) is 3.26. The van der Waals surface area contributed by atoms with E-state index in [1.807, 2.05) is 0 Å². The van der Waals surface area contributed by atoms with E-state index in [9.17, 15) is 14.0 Å². The molecule has 2 amide bonds. The fourth-order valence-corrected chi connectivity index (χ4v) is 4.34. The number of carbonyl (C=O) groups is 2. The first-order valence-electron chi connectivity index (χ1n) is 7.80. The Balaban J connectivity index is 1.62. The molecular weight excluding hydrogens is 363 g/mol. The van der Waals surface area contributed by atoms with Gasteiger partial charge in [-0.25, -0.2) is 4.39 Å². The summed E-state index contributed by atoms with van der Waals surface area (Å²) in [5, 5.41) is 11.0. The second-order valence-corrected chi connectivity index (χ2v) is 8.27. The lowest BCUT2D eigenvalue weighted by Gasteiger charge is -2.15. The number of halogens is 1. The lowest BCUT2D eigenvalue weighted by molar-refractivity contribution is -0.117. The quantitative estimate of drug-likeness (QED) is 0.615. The van der Waals surface area contributed by atoms with E-state index in [1.165, 1.54) is 48.2 Å². The molecule has 0 bridgehead atoms. The van der Waals surface area contributed by atoms with Gasteiger partial charge >= 0.3 is 0 Å². The van der Waals surface area contributed by atoms with Crippen LogP contribution in [0, 0.1) is 5.82 Å². The third-order valence-electron chi connectivity index (χ3n) is 3.59. The van der Waals surface area contributed by atoms with Crippen LogP contribution in [0.25, 0.3) is 0 Å². The van der Waals surface area contributed by atoms with Crippen LogP contribution in [0.3, 0.4) is 0 Å². The minimum Gasteiger partial charge on any atom is -0.325 e. The van der Waals surface area contributed by atoms with Crippen LogP contribution in [0.4, 0.5) is 15.2 Å². The highest BCUT2D eigenvalue weighted by Gasteiger charge is 2.34. The minimum atomic E-state index is -0.434. The molecule has 6 nitrogen and oxygen atoms in total. The average molecular weight is 380 g/mol. The van der Waals surface area contributed by atoms with Crippen LogP contribution in [0.2, 0.25) is 0 Å². The predicted octanol–water partition coefficient (Wildman–Crippen LogP) is 3.31. The van der Waals surface area contributed by atoms with E-state index in [1.54, 1.807) is 17.9 Å². The van der Waals surface area contributed by atoms with Gasteiger partial charge in [0.15, 0.2) is 4.34 Å². The molecule has 1 aliphatic rings. The Hall–Kier alpha value is -2.00. The van der Waals surface area contributed by atoms with Crippen LogP contribution in [0.15, 0.2) is 28.6 Å². The molecule has 1 saturated carbocycles. The number of benzene rings is 1. The van der Waals surface area contributed by atoms with Crippen molar-refractivity contribution >= 4 is 45.7 Å². The number of hydrogen-bond donors (Lipinski definition) is 1. The Labute approximate surface area is 152 Å². The maximum Gasteiger partial charge on any atom is 0.237 e. The topological polar surface area (TPSA) is 75.2 Å². The number of hydrogen-bond acceptors (Lipinski definition) is 6. The summed E-state index contributed by atoms with van der Waals surface area (Å²) in [6.45, 7) is 3.26. The van der Waals surface area contributed by atoms with Gasteiger partial charge in [-0.15, -0.1) is 10.2 Å². The van der Waals surface area contributed by atoms with Gasteiger partial charge in [-0.05, 0) is 38.0 Å². The highest BCUT2D eigenvalue weighted by molar-refractivity contribution is 8.02. The normalized spacial score (nSPS) is 14.8. The first kappa shape index (κ1) is 17.8. The molecule has 0 saturated heterocycles. The second-order valence-electron chi connectivity index (χ2n) is 5.73. The van der Waals surface area contributed by atoms with E-state index in [-0.39, 0.29) is 17.9 Å². The number of rotatable bonds is 6. The smallest absolute Gasteiger partial charge is 0.237 e. The van der Waals surface area contributed by atoms with E-state index in [0.29, 0.717) is 15.2 Å². The number of nitrogens with one attached hydrogen (secondary N) is 1. The van der Waals surface area contributed by atoms with Gasteiger partial charge in [-0.3, -0.25) is 14.5 Å². The van der Waals surface area contributed by atoms with Gasteiger partial charge in [-0.1, -0.05) is 29.2 Å². The number of nitrogens with zero attached hydrogens (tertiary/aromatic N) is 3. The molecule has 1 atom stereocenters. The number of amides is 2. The predicted molar refractivity (Wildman–Crippen MR) is 96.4 cm³/mol. The van der Waals surface area contributed by atoms with Crippen molar-refractivity contribution in [2.24, 2.45) is 0 Å². The van der Waals surface area contributed by atoms with Gasteiger partial charge in [-0.2, -0.15) is 0 Å². The van der Waals surface area contributed by atoms with Gasteiger partial charge in [0.25, 0.3) is 0 Å². The van der Waals surface area contributed by atoms with Crippen LogP contribution in [0.5, 0.6) is 0 Å². The van der Waals surface area contributed by atoms with E-state index in [2.05, 4.69) is 15.5 Å². The highest BCUT2D eigenvalue weighted by atomic mass is 32.2. The van der Waals surface area contributed by atoms with E-state index < -0.39 is 11.1 Å². The molecule has 1 unspecified atom stereocenters. The van der Waals surface area contributed by atoms with Crippen molar-refractivity contribution in [1.82, 2.24) is 10.2 Å². The zero-order chi connectivity index (χ0) is 18.0. The molecule has 0 radical (unpaired) electrons. The van der Waals surface area contributed by atoms with Crippen LogP contribution < -0.4 is 10.2 Å². The van der Waals surface area contributed by atoms with Crippen LogP contribution in [0.1, 0.15) is 26.7 Å². The van der Waals surface area contributed by atoms with Gasteiger partial charge in [0.1, 0.15) is 5.82 Å². The molecule has 25 heavy (non-hydrogen) atoms. The second kappa shape index (κ2) is 7.49. The zero-order valence-corrected chi connectivity index (χ0v) is 15.4. The van der Waals surface area contributed by atoms with Crippen molar-refractivity contribution < 1.29 is 14.0 Å². The Kier molecular flexibility index (Phi) is 5.33. The Morgan fingerprint density at radius 2 is 2.16 bits per heavy atom. The molecule has 2 aromatic rings. The molecular formula is C16H17FN4O2S2. The van der Waals surface area contributed by atoms with Crippen molar-refractivity contribution in [3.63, 3.8) is 0 Å². The first-order valence-corrected chi connectivity index (χ1v) is 9.50. The van der Waals surface area contributed by atoms with E-state index >= 15 is 0 Å². The highest BCUT2D eigenvalue weighted by Crippen LogP contribution is 2.36. The summed E-state index contributed by atoms with van der Waals surface area (Å²) >= 11 is 2.56. The largest absolute Gasteiger partial charge is 0.325 e. The third-order valence-corrected chi connectivity index (χ3v) is 5.70. The van der Waals surface area contributed by atoms with Crippen molar-refractivity contribution in [2.45, 2.75) is 42.3 Å². The van der Waals surface area contributed by atoms with Crippen molar-refractivity contribution in [3.8, 4) is 0 Å². The first-order chi connectivity index (χ1) is 11.9. The summed E-state index contributed by atoms with van der Waals surface area (Å²) in [7, 11) is 0. The Bertz CT molecular complexity index is 794. The standard InChI is InChI=1S/C16H17FN4O2S2/c1-9(14(23)18-12-5-3-4-11(17)8-12)24-16-20-19-15(25-16)21(10(2)22)13-6-7-13/h3-5,8-9,13H,6-7H2,1-2H3,(H,18,23). The molecule has 3 rings (SSSR count). The van der Waals surface area contributed by atoms with Crippen LogP contribution >= 0.6 is 23.1 Å². The summed E-state index contributed by atoms with van der Waals surface area (Å²) in [6, 6.07) is 5.96. The van der Waals surface area contributed by atoms with Crippen molar-refractivity contribution in [2.75, 3.05) is 10.2 Å². The monoisotopic (exact) mass is 380 g/mol. The molecule has 0 spiro atoms. The van der Waals surface area contributed by atoms with Crippen molar-refractivity contribution in [3.05, 3.63) is 30.1 Å². The molecule has 1 aliphatic carbocycles.